The Balaban J connectivity index is 2.04. The number of halogens is 1. The van der Waals surface area contributed by atoms with E-state index in [1.165, 1.54) is 7.11 Å². The second-order valence-electron chi connectivity index (χ2n) is 6.81. The van der Waals surface area contributed by atoms with Crippen molar-refractivity contribution in [3.8, 4) is 0 Å². The fraction of sp³-hybridized carbons (Fsp3) is 0.381. The number of nitrogens with one attached hydrogen (secondary N) is 1. The lowest BCUT2D eigenvalue weighted by Gasteiger charge is -2.27. The first-order chi connectivity index (χ1) is 14.0. The van der Waals surface area contributed by atoms with Crippen LogP contribution in [0.2, 0.25) is 5.02 Å². The second-order valence-corrected chi connectivity index (χ2v) is 7.22. The van der Waals surface area contributed by atoms with Gasteiger partial charge < -0.3 is 15.0 Å². The highest BCUT2D eigenvalue weighted by Crippen LogP contribution is 2.32. The first-order valence-electron chi connectivity index (χ1n) is 9.74. The number of carbonyl (C=O) groups excluding carboxylic acids is 1. The number of hydrogen-bond donors (Lipinski definition) is 1. The molecule has 2 aromatic heterocycles. The molecule has 2 heterocycles. The standard InChI is InChI=1S/C21H26ClN5O2/c1-5-11-26(12-6-2)20-14(3)19(25-18-9-10-23-27(18)20)24-17-8-7-15(13-16(17)22)21(28)29-4/h7-10,13H,5-6,11-12H2,1-4H3,(H,24,25). The number of anilines is 3. The SMILES string of the molecule is CCCN(CCC)c1c(C)c(Nc2ccc(C(=O)OC)cc2Cl)nc2ccnn12. The molecule has 0 unspecified atom stereocenters. The number of fused-ring (bicyclic) bond motifs is 1. The van der Waals surface area contributed by atoms with Gasteiger partial charge in [0.05, 0.1) is 29.6 Å². The van der Waals surface area contributed by atoms with Crippen molar-refractivity contribution in [2.75, 3.05) is 30.4 Å². The molecule has 0 radical (unpaired) electrons. The minimum atomic E-state index is -0.425. The lowest BCUT2D eigenvalue weighted by atomic mass is 10.2. The Morgan fingerprint density at radius 2 is 1.97 bits per heavy atom. The number of rotatable bonds is 8. The average Bonchev–Trinajstić information content (AvgIpc) is 3.17. The van der Waals surface area contributed by atoms with Crippen LogP contribution in [-0.4, -0.2) is 40.8 Å². The average molecular weight is 416 g/mol. The van der Waals surface area contributed by atoms with Crippen LogP contribution in [0.25, 0.3) is 5.65 Å². The van der Waals surface area contributed by atoms with E-state index in [2.05, 4.69) is 29.2 Å². The van der Waals surface area contributed by atoms with E-state index in [0.29, 0.717) is 22.1 Å². The molecule has 0 aliphatic heterocycles. The van der Waals surface area contributed by atoms with Gasteiger partial charge in [-0.15, -0.1) is 0 Å². The van der Waals surface area contributed by atoms with Crippen LogP contribution in [0.1, 0.15) is 42.6 Å². The highest BCUT2D eigenvalue weighted by Gasteiger charge is 2.19. The summed E-state index contributed by atoms with van der Waals surface area (Å²) in [5.74, 6) is 1.30. The third kappa shape index (κ3) is 4.29. The summed E-state index contributed by atoms with van der Waals surface area (Å²) >= 11 is 6.41. The van der Waals surface area contributed by atoms with Crippen LogP contribution >= 0.6 is 11.6 Å². The molecule has 0 bridgehead atoms. The molecule has 7 nitrogen and oxygen atoms in total. The van der Waals surface area contributed by atoms with E-state index in [9.17, 15) is 4.79 Å². The third-order valence-electron chi connectivity index (χ3n) is 4.67. The maximum Gasteiger partial charge on any atom is 0.337 e. The smallest absolute Gasteiger partial charge is 0.337 e. The van der Waals surface area contributed by atoms with Crippen molar-refractivity contribution < 1.29 is 9.53 Å². The fourth-order valence-electron chi connectivity index (χ4n) is 3.35. The van der Waals surface area contributed by atoms with E-state index in [1.807, 2.05) is 17.5 Å². The van der Waals surface area contributed by atoms with E-state index >= 15 is 0 Å². The van der Waals surface area contributed by atoms with Crippen molar-refractivity contribution in [2.24, 2.45) is 0 Å². The Bertz CT molecular complexity index is 1010. The molecule has 29 heavy (non-hydrogen) atoms. The van der Waals surface area contributed by atoms with Gasteiger partial charge in [-0.1, -0.05) is 25.4 Å². The van der Waals surface area contributed by atoms with E-state index < -0.39 is 5.97 Å². The maximum absolute atomic E-state index is 11.7. The molecule has 154 valence electrons. The molecule has 0 spiro atoms. The summed E-state index contributed by atoms with van der Waals surface area (Å²) in [6.07, 6.45) is 3.82. The summed E-state index contributed by atoms with van der Waals surface area (Å²) < 4.78 is 6.63. The lowest BCUT2D eigenvalue weighted by Crippen LogP contribution is -2.28. The number of benzene rings is 1. The van der Waals surface area contributed by atoms with Gasteiger partial charge in [0.1, 0.15) is 11.6 Å². The molecule has 3 aromatic rings. The quantitative estimate of drug-likeness (QED) is 0.530. The number of methoxy groups -OCH3 is 1. The van der Waals surface area contributed by atoms with E-state index in [4.69, 9.17) is 21.3 Å². The Morgan fingerprint density at radius 1 is 1.24 bits per heavy atom. The molecular formula is C21H26ClN5O2. The fourth-order valence-corrected chi connectivity index (χ4v) is 3.58. The van der Waals surface area contributed by atoms with Crippen molar-refractivity contribution in [3.05, 3.63) is 46.6 Å². The summed E-state index contributed by atoms with van der Waals surface area (Å²) in [5.41, 5.74) is 2.81. The normalized spacial score (nSPS) is 10.9. The maximum atomic E-state index is 11.7. The van der Waals surface area contributed by atoms with Crippen LogP contribution in [-0.2, 0) is 4.74 Å². The number of aromatic nitrogens is 3. The van der Waals surface area contributed by atoms with Gasteiger partial charge in [0, 0.05) is 24.7 Å². The Morgan fingerprint density at radius 3 is 2.59 bits per heavy atom. The van der Waals surface area contributed by atoms with Crippen LogP contribution in [0.5, 0.6) is 0 Å². The first-order valence-corrected chi connectivity index (χ1v) is 10.1. The zero-order valence-electron chi connectivity index (χ0n) is 17.2. The summed E-state index contributed by atoms with van der Waals surface area (Å²) in [6, 6.07) is 6.90. The van der Waals surface area contributed by atoms with E-state index in [1.54, 1.807) is 24.4 Å². The van der Waals surface area contributed by atoms with Crippen LogP contribution in [0.4, 0.5) is 17.3 Å². The predicted octanol–water partition coefficient (Wildman–Crippen LogP) is 4.85. The Hall–Kier alpha value is -2.80. The summed E-state index contributed by atoms with van der Waals surface area (Å²) in [5, 5.41) is 8.22. The molecule has 0 aliphatic carbocycles. The molecule has 0 atom stereocenters. The third-order valence-corrected chi connectivity index (χ3v) is 4.98. The molecule has 0 fully saturated rings. The molecule has 0 amide bonds. The van der Waals surface area contributed by atoms with Crippen molar-refractivity contribution in [1.82, 2.24) is 14.6 Å². The topological polar surface area (TPSA) is 71.8 Å². The van der Waals surface area contributed by atoms with Gasteiger partial charge in [-0.3, -0.25) is 0 Å². The van der Waals surface area contributed by atoms with Crippen LogP contribution in [0, 0.1) is 6.92 Å². The number of hydrogen-bond acceptors (Lipinski definition) is 6. The van der Waals surface area contributed by atoms with Gasteiger partial charge in [-0.05, 0) is 38.0 Å². The van der Waals surface area contributed by atoms with E-state index in [-0.39, 0.29) is 0 Å². The van der Waals surface area contributed by atoms with Gasteiger partial charge in [-0.2, -0.15) is 9.61 Å². The summed E-state index contributed by atoms with van der Waals surface area (Å²) in [7, 11) is 1.34. The minimum Gasteiger partial charge on any atom is -0.465 e. The first kappa shape index (κ1) is 20.9. The van der Waals surface area contributed by atoms with Gasteiger partial charge in [-0.25, -0.2) is 9.78 Å². The van der Waals surface area contributed by atoms with Gasteiger partial charge in [0.25, 0.3) is 0 Å². The van der Waals surface area contributed by atoms with Crippen molar-refractivity contribution in [1.29, 1.82) is 0 Å². The van der Waals surface area contributed by atoms with Crippen LogP contribution < -0.4 is 10.2 Å². The Labute approximate surface area is 175 Å². The Kier molecular flexibility index (Phi) is 6.59. The molecule has 0 saturated carbocycles. The predicted molar refractivity (Wildman–Crippen MR) is 117 cm³/mol. The van der Waals surface area contributed by atoms with Gasteiger partial charge >= 0.3 is 5.97 Å². The number of ether oxygens (including phenoxy) is 1. The second kappa shape index (κ2) is 9.13. The largest absolute Gasteiger partial charge is 0.465 e. The molecular weight excluding hydrogens is 390 g/mol. The summed E-state index contributed by atoms with van der Waals surface area (Å²) in [4.78, 5) is 18.8. The molecule has 0 saturated heterocycles. The van der Waals surface area contributed by atoms with Gasteiger partial charge in [0.2, 0.25) is 0 Å². The molecule has 0 aliphatic rings. The molecule has 3 rings (SSSR count). The van der Waals surface area contributed by atoms with E-state index in [0.717, 1.165) is 43.0 Å². The van der Waals surface area contributed by atoms with Crippen molar-refractivity contribution >= 4 is 40.5 Å². The van der Waals surface area contributed by atoms with Crippen LogP contribution in [0.3, 0.4) is 0 Å². The zero-order chi connectivity index (χ0) is 21.0. The van der Waals surface area contributed by atoms with Crippen molar-refractivity contribution in [2.45, 2.75) is 33.6 Å². The van der Waals surface area contributed by atoms with Crippen molar-refractivity contribution in [3.63, 3.8) is 0 Å². The minimum absolute atomic E-state index is 0.400. The zero-order valence-corrected chi connectivity index (χ0v) is 18.0. The highest BCUT2D eigenvalue weighted by molar-refractivity contribution is 6.33. The number of carbonyl (C=O) groups is 1. The highest BCUT2D eigenvalue weighted by atomic mass is 35.5. The molecule has 1 aromatic carbocycles. The monoisotopic (exact) mass is 415 g/mol. The van der Waals surface area contributed by atoms with Crippen LogP contribution in [0.15, 0.2) is 30.5 Å². The number of esters is 1. The summed E-state index contributed by atoms with van der Waals surface area (Å²) in [6.45, 7) is 8.23. The van der Waals surface area contributed by atoms with Gasteiger partial charge in [0.15, 0.2) is 5.65 Å². The molecule has 1 N–H and O–H groups in total. The lowest BCUT2D eigenvalue weighted by molar-refractivity contribution is 0.0601. The number of nitrogens with zero attached hydrogens (tertiary/aromatic N) is 4. The molecule has 8 heteroatoms.